The number of sulfonamides is 1. The van der Waals surface area contributed by atoms with Crippen LogP contribution in [0.3, 0.4) is 0 Å². The molecule has 140 valence electrons. The molecule has 0 saturated heterocycles. The standard InChI is InChI=1S/C16H14N4O5S2/c1-19(2)27(24,25)12-6-7-13-14(9-12)26-16(17-13)18-15(21)10-4-3-5-11(8-10)20(22)23/h3-9H,1-2H3,(H,17,18,21). The predicted molar refractivity (Wildman–Crippen MR) is 102 cm³/mol. The van der Waals surface area contributed by atoms with Gasteiger partial charge in [0.1, 0.15) is 0 Å². The van der Waals surface area contributed by atoms with E-state index in [1.165, 1.54) is 50.5 Å². The number of aromatic nitrogens is 1. The molecule has 1 N–H and O–H groups in total. The van der Waals surface area contributed by atoms with Gasteiger partial charge in [-0.3, -0.25) is 20.2 Å². The number of anilines is 1. The second-order valence-corrected chi connectivity index (χ2v) is 8.88. The summed E-state index contributed by atoms with van der Waals surface area (Å²) in [6.45, 7) is 0. The van der Waals surface area contributed by atoms with Crippen LogP contribution in [0.25, 0.3) is 10.2 Å². The van der Waals surface area contributed by atoms with E-state index in [9.17, 15) is 23.3 Å². The number of hydrogen-bond donors (Lipinski definition) is 1. The van der Waals surface area contributed by atoms with Crippen molar-refractivity contribution in [3.63, 3.8) is 0 Å². The molecule has 0 atom stereocenters. The Morgan fingerprint density at radius 3 is 2.63 bits per heavy atom. The maximum Gasteiger partial charge on any atom is 0.270 e. The van der Waals surface area contributed by atoms with E-state index in [1.807, 2.05) is 0 Å². The molecule has 2 aromatic carbocycles. The zero-order valence-electron chi connectivity index (χ0n) is 14.2. The lowest BCUT2D eigenvalue weighted by Crippen LogP contribution is -2.22. The van der Waals surface area contributed by atoms with Gasteiger partial charge in [0.25, 0.3) is 11.6 Å². The summed E-state index contributed by atoms with van der Waals surface area (Å²) in [5.41, 5.74) is 0.469. The number of nitro benzene ring substituents is 1. The van der Waals surface area contributed by atoms with Gasteiger partial charge in [0, 0.05) is 31.8 Å². The summed E-state index contributed by atoms with van der Waals surface area (Å²) in [5.74, 6) is -0.543. The highest BCUT2D eigenvalue weighted by molar-refractivity contribution is 7.89. The Bertz CT molecular complexity index is 1150. The lowest BCUT2D eigenvalue weighted by Gasteiger charge is -2.10. The van der Waals surface area contributed by atoms with Crippen molar-refractivity contribution in [3.05, 3.63) is 58.1 Å². The number of hydrogen-bond acceptors (Lipinski definition) is 7. The highest BCUT2D eigenvalue weighted by Crippen LogP contribution is 2.29. The van der Waals surface area contributed by atoms with Gasteiger partial charge in [-0.25, -0.2) is 17.7 Å². The molecule has 0 aliphatic heterocycles. The second kappa shape index (κ2) is 7.02. The molecule has 1 aromatic heterocycles. The van der Waals surface area contributed by atoms with Crippen molar-refractivity contribution < 1.29 is 18.1 Å². The van der Waals surface area contributed by atoms with Gasteiger partial charge in [-0.1, -0.05) is 17.4 Å². The van der Waals surface area contributed by atoms with Crippen molar-refractivity contribution in [1.29, 1.82) is 0 Å². The van der Waals surface area contributed by atoms with Crippen LogP contribution in [0.4, 0.5) is 10.8 Å². The van der Waals surface area contributed by atoms with Crippen LogP contribution in [0.1, 0.15) is 10.4 Å². The van der Waals surface area contributed by atoms with Crippen LogP contribution in [0, 0.1) is 10.1 Å². The summed E-state index contributed by atoms with van der Waals surface area (Å²) >= 11 is 1.11. The molecule has 0 spiro atoms. The highest BCUT2D eigenvalue weighted by Gasteiger charge is 2.19. The minimum atomic E-state index is -3.58. The third kappa shape index (κ3) is 3.79. The molecule has 3 rings (SSSR count). The van der Waals surface area contributed by atoms with Crippen molar-refractivity contribution >= 4 is 48.3 Å². The smallest absolute Gasteiger partial charge is 0.270 e. The van der Waals surface area contributed by atoms with Gasteiger partial charge < -0.3 is 0 Å². The first-order valence-electron chi connectivity index (χ1n) is 7.57. The van der Waals surface area contributed by atoms with Crippen molar-refractivity contribution in [3.8, 4) is 0 Å². The van der Waals surface area contributed by atoms with Crippen molar-refractivity contribution in [1.82, 2.24) is 9.29 Å². The Balaban J connectivity index is 1.89. The fourth-order valence-electron chi connectivity index (χ4n) is 2.26. The Labute approximate surface area is 158 Å². The van der Waals surface area contributed by atoms with Crippen LogP contribution in [-0.2, 0) is 10.0 Å². The number of nitrogens with zero attached hydrogens (tertiary/aromatic N) is 3. The lowest BCUT2D eigenvalue weighted by molar-refractivity contribution is -0.384. The van der Waals surface area contributed by atoms with Gasteiger partial charge in [0.15, 0.2) is 5.13 Å². The fourth-order valence-corrected chi connectivity index (χ4v) is 4.16. The third-order valence-corrected chi connectivity index (χ3v) is 6.42. The number of non-ortho nitro benzene ring substituents is 1. The molecule has 3 aromatic rings. The molecule has 1 amide bonds. The molecule has 0 bridgehead atoms. The number of nitro groups is 1. The molecular formula is C16H14N4O5S2. The molecule has 9 nitrogen and oxygen atoms in total. The zero-order chi connectivity index (χ0) is 19.8. The van der Waals surface area contributed by atoms with Crippen molar-refractivity contribution in [2.75, 3.05) is 19.4 Å². The molecule has 0 aliphatic carbocycles. The molecule has 0 unspecified atom stereocenters. The van der Waals surface area contributed by atoms with Crippen molar-refractivity contribution in [2.24, 2.45) is 0 Å². The average molecular weight is 406 g/mol. The van der Waals surface area contributed by atoms with Crippen molar-refractivity contribution in [2.45, 2.75) is 4.90 Å². The summed E-state index contributed by atoms with van der Waals surface area (Å²) in [6, 6.07) is 9.84. The summed E-state index contributed by atoms with van der Waals surface area (Å²) in [4.78, 5) is 26.9. The van der Waals surface area contributed by atoms with E-state index < -0.39 is 20.9 Å². The van der Waals surface area contributed by atoms with Gasteiger partial charge in [-0.15, -0.1) is 0 Å². The SMILES string of the molecule is CN(C)S(=O)(=O)c1ccc2nc(NC(=O)c3cccc([N+](=O)[O-])c3)sc2c1. The Morgan fingerprint density at radius 1 is 1.22 bits per heavy atom. The lowest BCUT2D eigenvalue weighted by atomic mass is 10.2. The summed E-state index contributed by atoms with van der Waals surface area (Å²) < 4.78 is 26.1. The topological polar surface area (TPSA) is 123 Å². The number of nitrogens with one attached hydrogen (secondary N) is 1. The molecule has 0 fully saturated rings. The number of benzene rings is 2. The van der Waals surface area contributed by atoms with E-state index >= 15 is 0 Å². The Morgan fingerprint density at radius 2 is 1.96 bits per heavy atom. The summed E-state index contributed by atoms with van der Waals surface area (Å²) in [6.07, 6.45) is 0. The van der Waals surface area contributed by atoms with E-state index in [1.54, 1.807) is 6.07 Å². The van der Waals surface area contributed by atoms with Crippen LogP contribution in [0.5, 0.6) is 0 Å². The molecule has 1 heterocycles. The molecule has 11 heteroatoms. The van der Waals surface area contributed by atoms with Crippen LogP contribution < -0.4 is 5.32 Å². The van der Waals surface area contributed by atoms with Gasteiger partial charge >= 0.3 is 0 Å². The average Bonchev–Trinajstić information content (AvgIpc) is 3.02. The van der Waals surface area contributed by atoms with E-state index in [0.29, 0.717) is 10.2 Å². The number of fused-ring (bicyclic) bond motifs is 1. The minimum Gasteiger partial charge on any atom is -0.298 e. The molecule has 0 saturated carbocycles. The number of amides is 1. The predicted octanol–water partition coefficient (Wildman–Crippen LogP) is 2.71. The first-order valence-corrected chi connectivity index (χ1v) is 9.83. The molecular weight excluding hydrogens is 392 g/mol. The molecule has 0 radical (unpaired) electrons. The Kier molecular flexibility index (Phi) is 4.91. The minimum absolute atomic E-state index is 0.124. The number of carbonyl (C=O) groups excluding carboxylic acids is 1. The van der Waals surface area contributed by atoms with E-state index in [0.717, 1.165) is 15.6 Å². The van der Waals surface area contributed by atoms with Crippen LogP contribution in [0.2, 0.25) is 0 Å². The molecule has 0 aliphatic rings. The second-order valence-electron chi connectivity index (χ2n) is 5.70. The van der Waals surface area contributed by atoms with E-state index in [2.05, 4.69) is 10.3 Å². The van der Waals surface area contributed by atoms with E-state index in [4.69, 9.17) is 0 Å². The first kappa shape index (κ1) is 18.9. The van der Waals surface area contributed by atoms with E-state index in [-0.39, 0.29) is 21.3 Å². The maximum atomic E-state index is 12.3. The Hall–Kier alpha value is -2.89. The van der Waals surface area contributed by atoms with Crippen LogP contribution >= 0.6 is 11.3 Å². The normalized spacial score (nSPS) is 11.7. The van der Waals surface area contributed by atoms with Crippen LogP contribution in [0.15, 0.2) is 47.4 Å². The highest BCUT2D eigenvalue weighted by atomic mass is 32.2. The zero-order valence-corrected chi connectivity index (χ0v) is 15.9. The monoisotopic (exact) mass is 406 g/mol. The largest absolute Gasteiger partial charge is 0.298 e. The van der Waals surface area contributed by atoms with Crippen LogP contribution in [-0.4, -0.2) is 42.6 Å². The van der Waals surface area contributed by atoms with Gasteiger partial charge in [0.2, 0.25) is 10.0 Å². The maximum absolute atomic E-state index is 12.3. The fraction of sp³-hybridized carbons (Fsp3) is 0.125. The van der Waals surface area contributed by atoms with Gasteiger partial charge in [-0.05, 0) is 24.3 Å². The van der Waals surface area contributed by atoms with Gasteiger partial charge in [-0.2, -0.15) is 0 Å². The summed E-state index contributed by atoms with van der Waals surface area (Å²) in [5, 5.41) is 13.7. The molecule has 27 heavy (non-hydrogen) atoms. The third-order valence-electron chi connectivity index (χ3n) is 3.68. The quantitative estimate of drug-likeness (QED) is 0.513. The number of carbonyl (C=O) groups is 1. The first-order chi connectivity index (χ1) is 12.7. The number of rotatable bonds is 5. The number of thiazole rings is 1. The summed E-state index contributed by atoms with van der Waals surface area (Å²) in [7, 11) is -0.694. The van der Waals surface area contributed by atoms with Gasteiger partial charge in [0.05, 0.1) is 20.0 Å².